The van der Waals surface area contributed by atoms with E-state index in [1.807, 2.05) is 12.1 Å². The van der Waals surface area contributed by atoms with Gasteiger partial charge in [-0.05, 0) is 30.7 Å². The highest BCUT2D eigenvalue weighted by Gasteiger charge is 2.22. The molecule has 0 saturated carbocycles. The number of nitrogens with zero attached hydrogens (tertiary/aromatic N) is 6. The van der Waals surface area contributed by atoms with Crippen LogP contribution in [0.3, 0.4) is 0 Å². The Morgan fingerprint density at radius 2 is 2.04 bits per heavy atom. The molecule has 9 heteroatoms. The Bertz CT molecular complexity index is 957. The molecular weight excluding hydrogens is 371 g/mol. The Morgan fingerprint density at radius 1 is 1.15 bits per heavy atom. The van der Waals surface area contributed by atoms with Crippen LogP contribution in [0.25, 0.3) is 5.65 Å². The first kappa shape index (κ1) is 17.7. The van der Waals surface area contributed by atoms with Crippen molar-refractivity contribution < 1.29 is 9.18 Å². The minimum atomic E-state index is -0.446. The third-order valence-electron chi connectivity index (χ3n) is 4.71. The Balaban J connectivity index is 1.44. The quantitative estimate of drug-likeness (QED) is 0.688. The van der Waals surface area contributed by atoms with E-state index in [0.29, 0.717) is 25.3 Å². The second kappa shape index (κ2) is 7.48. The summed E-state index contributed by atoms with van der Waals surface area (Å²) in [5, 5.41) is 12.6. The second-order valence-corrected chi connectivity index (χ2v) is 6.83. The van der Waals surface area contributed by atoms with E-state index in [4.69, 9.17) is 11.6 Å². The van der Waals surface area contributed by atoms with Crippen molar-refractivity contribution in [1.82, 2.24) is 24.7 Å². The normalized spacial score (nSPS) is 15.2. The highest BCUT2D eigenvalue weighted by Crippen LogP contribution is 2.21. The first-order valence-corrected chi connectivity index (χ1v) is 9.12. The number of rotatable bonds is 3. The van der Waals surface area contributed by atoms with E-state index >= 15 is 0 Å². The number of aromatic nitrogens is 4. The van der Waals surface area contributed by atoms with Gasteiger partial charge in [0.1, 0.15) is 18.0 Å². The summed E-state index contributed by atoms with van der Waals surface area (Å²) in [6.07, 6.45) is 2.33. The fourth-order valence-electron chi connectivity index (χ4n) is 3.25. The molecule has 2 aromatic heterocycles. The Hall–Kier alpha value is -2.74. The minimum Gasteiger partial charge on any atom is -0.353 e. The standard InChI is InChI=1S/C18H18ClFN6O/c19-14-3-1-4-15(20)13(14)11-18(27)25-8-2-7-24(9-10-25)17-6-5-16-22-21-12-26(16)23-17/h1,3-6,12H,2,7-11H2. The average Bonchev–Trinajstić information content (AvgIpc) is 2.99. The maximum Gasteiger partial charge on any atom is 0.227 e. The van der Waals surface area contributed by atoms with Crippen molar-refractivity contribution in [2.45, 2.75) is 12.8 Å². The van der Waals surface area contributed by atoms with Crippen LogP contribution in [0.5, 0.6) is 0 Å². The molecule has 3 aromatic rings. The summed E-state index contributed by atoms with van der Waals surface area (Å²) in [4.78, 5) is 16.5. The molecule has 0 unspecified atom stereocenters. The Labute approximate surface area is 160 Å². The average molecular weight is 389 g/mol. The Morgan fingerprint density at radius 3 is 2.89 bits per heavy atom. The predicted octanol–water partition coefficient (Wildman–Crippen LogP) is 2.20. The van der Waals surface area contributed by atoms with Crippen molar-refractivity contribution >= 4 is 29.0 Å². The fraction of sp³-hybridized carbons (Fsp3) is 0.333. The van der Waals surface area contributed by atoms with E-state index in [2.05, 4.69) is 20.2 Å². The van der Waals surface area contributed by atoms with Crippen molar-refractivity contribution in [2.75, 3.05) is 31.1 Å². The van der Waals surface area contributed by atoms with Crippen molar-refractivity contribution in [3.8, 4) is 0 Å². The summed E-state index contributed by atoms with van der Waals surface area (Å²) in [5.74, 6) is 0.249. The topological polar surface area (TPSA) is 66.6 Å². The number of carbonyl (C=O) groups is 1. The van der Waals surface area contributed by atoms with Gasteiger partial charge in [0.25, 0.3) is 0 Å². The number of anilines is 1. The molecule has 140 valence electrons. The first-order chi connectivity index (χ1) is 13.1. The van der Waals surface area contributed by atoms with Crippen LogP contribution in [-0.2, 0) is 11.2 Å². The number of hydrogen-bond donors (Lipinski definition) is 0. The maximum absolute atomic E-state index is 14.0. The minimum absolute atomic E-state index is 0.0313. The van der Waals surface area contributed by atoms with Crippen molar-refractivity contribution in [1.29, 1.82) is 0 Å². The van der Waals surface area contributed by atoms with E-state index in [1.165, 1.54) is 12.1 Å². The van der Waals surface area contributed by atoms with Gasteiger partial charge in [-0.3, -0.25) is 4.79 Å². The molecule has 1 aliphatic heterocycles. The first-order valence-electron chi connectivity index (χ1n) is 8.74. The lowest BCUT2D eigenvalue weighted by Crippen LogP contribution is -2.36. The molecular formula is C18H18ClFN6O. The lowest BCUT2D eigenvalue weighted by molar-refractivity contribution is -0.130. The largest absolute Gasteiger partial charge is 0.353 e. The second-order valence-electron chi connectivity index (χ2n) is 6.42. The molecule has 1 saturated heterocycles. The molecule has 27 heavy (non-hydrogen) atoms. The molecule has 0 bridgehead atoms. The van der Waals surface area contributed by atoms with Crippen LogP contribution in [0.4, 0.5) is 10.2 Å². The zero-order valence-corrected chi connectivity index (χ0v) is 15.3. The molecule has 0 atom stereocenters. The summed E-state index contributed by atoms with van der Waals surface area (Å²) >= 11 is 6.05. The molecule has 0 spiro atoms. The lowest BCUT2D eigenvalue weighted by Gasteiger charge is -2.23. The third-order valence-corrected chi connectivity index (χ3v) is 5.06. The Kier molecular flexibility index (Phi) is 4.89. The fourth-order valence-corrected chi connectivity index (χ4v) is 3.48. The molecule has 1 aliphatic rings. The lowest BCUT2D eigenvalue weighted by atomic mass is 10.1. The van der Waals surface area contributed by atoms with Crippen LogP contribution >= 0.6 is 11.6 Å². The maximum atomic E-state index is 14.0. The molecule has 1 amide bonds. The van der Waals surface area contributed by atoms with E-state index < -0.39 is 5.82 Å². The van der Waals surface area contributed by atoms with Gasteiger partial charge in [0, 0.05) is 36.8 Å². The summed E-state index contributed by atoms with van der Waals surface area (Å²) in [5.41, 5.74) is 0.942. The highest BCUT2D eigenvalue weighted by molar-refractivity contribution is 6.31. The van der Waals surface area contributed by atoms with Gasteiger partial charge >= 0.3 is 0 Å². The van der Waals surface area contributed by atoms with E-state index in [1.54, 1.807) is 21.8 Å². The smallest absolute Gasteiger partial charge is 0.227 e. The number of halogens is 2. The van der Waals surface area contributed by atoms with Gasteiger partial charge in [-0.1, -0.05) is 17.7 Å². The molecule has 3 heterocycles. The monoisotopic (exact) mass is 388 g/mol. The molecule has 1 fully saturated rings. The zero-order valence-electron chi connectivity index (χ0n) is 14.6. The van der Waals surface area contributed by atoms with Crippen molar-refractivity contribution in [2.24, 2.45) is 0 Å². The number of benzene rings is 1. The molecule has 0 radical (unpaired) electrons. The molecule has 1 aromatic carbocycles. The van der Waals surface area contributed by atoms with Gasteiger partial charge in [0.05, 0.1) is 6.42 Å². The summed E-state index contributed by atoms with van der Waals surface area (Å²) < 4.78 is 15.6. The molecule has 0 aliphatic carbocycles. The number of carbonyl (C=O) groups excluding carboxylic acids is 1. The van der Waals surface area contributed by atoms with Gasteiger partial charge in [0.15, 0.2) is 5.65 Å². The SMILES string of the molecule is O=C(Cc1c(F)cccc1Cl)N1CCCN(c2ccc3nncn3n2)CC1. The van der Waals surface area contributed by atoms with Crippen LogP contribution in [0, 0.1) is 5.82 Å². The van der Waals surface area contributed by atoms with Crippen molar-refractivity contribution in [3.05, 3.63) is 53.1 Å². The van der Waals surface area contributed by atoms with Crippen molar-refractivity contribution in [3.63, 3.8) is 0 Å². The molecule has 7 nitrogen and oxygen atoms in total. The van der Waals surface area contributed by atoms with Gasteiger partial charge in [-0.2, -0.15) is 4.52 Å². The predicted molar refractivity (Wildman–Crippen MR) is 99.3 cm³/mol. The zero-order chi connectivity index (χ0) is 18.8. The third kappa shape index (κ3) is 3.71. The van der Waals surface area contributed by atoms with Crippen LogP contribution in [0.1, 0.15) is 12.0 Å². The van der Waals surface area contributed by atoms with E-state index in [-0.39, 0.29) is 22.9 Å². The van der Waals surface area contributed by atoms with Gasteiger partial charge in [0.2, 0.25) is 5.91 Å². The number of amides is 1. The summed E-state index contributed by atoms with van der Waals surface area (Å²) in [6, 6.07) is 8.23. The van der Waals surface area contributed by atoms with Crippen LogP contribution in [0.2, 0.25) is 5.02 Å². The van der Waals surface area contributed by atoms with Crippen LogP contribution < -0.4 is 4.90 Å². The number of fused-ring (bicyclic) bond motifs is 1. The number of hydrogen-bond acceptors (Lipinski definition) is 5. The van der Waals surface area contributed by atoms with Gasteiger partial charge < -0.3 is 9.80 Å². The van der Waals surface area contributed by atoms with Gasteiger partial charge in [-0.25, -0.2) is 4.39 Å². The highest BCUT2D eigenvalue weighted by atomic mass is 35.5. The molecule has 0 N–H and O–H groups in total. The van der Waals surface area contributed by atoms with E-state index in [0.717, 1.165) is 18.8 Å². The summed E-state index contributed by atoms with van der Waals surface area (Å²) in [6.45, 7) is 2.60. The van der Waals surface area contributed by atoms with Crippen LogP contribution in [-0.4, -0.2) is 56.8 Å². The molecule has 4 rings (SSSR count). The van der Waals surface area contributed by atoms with Crippen LogP contribution in [0.15, 0.2) is 36.7 Å². The summed E-state index contributed by atoms with van der Waals surface area (Å²) in [7, 11) is 0. The van der Waals surface area contributed by atoms with E-state index in [9.17, 15) is 9.18 Å². The van der Waals surface area contributed by atoms with Gasteiger partial charge in [-0.15, -0.1) is 15.3 Å².